The van der Waals surface area contributed by atoms with Crippen LogP contribution >= 0.6 is 0 Å². The predicted molar refractivity (Wildman–Crippen MR) is 54.0 cm³/mol. The monoisotopic (exact) mass is 237 g/mol. The summed E-state index contributed by atoms with van der Waals surface area (Å²) >= 11 is 0. The maximum absolute atomic E-state index is 11.4. The third-order valence-corrected chi connectivity index (χ3v) is 3.53. The van der Waals surface area contributed by atoms with E-state index in [1.165, 1.54) is 13.8 Å². The van der Waals surface area contributed by atoms with Crippen molar-refractivity contribution in [3.63, 3.8) is 0 Å². The second kappa shape index (κ2) is 5.08. The molecular weight excluding hydrogens is 222 g/mol. The van der Waals surface area contributed by atoms with Crippen LogP contribution in [-0.2, 0) is 19.6 Å². The van der Waals surface area contributed by atoms with E-state index in [-0.39, 0.29) is 0 Å². The standard InChI is InChI=1S/C7H15N3O4S/c1-4(2)15(13,14)10-5(7(9)12)3-6(8)11/h4-5,10H,3H2,1-2H3,(H2,8,11)(H2,9,12)/t5-/m0/s1. The average molecular weight is 237 g/mol. The third-order valence-electron chi connectivity index (χ3n) is 1.68. The van der Waals surface area contributed by atoms with Crippen LogP contribution in [0.1, 0.15) is 20.3 Å². The minimum Gasteiger partial charge on any atom is -0.370 e. The van der Waals surface area contributed by atoms with Crippen molar-refractivity contribution in [3.8, 4) is 0 Å². The quantitative estimate of drug-likeness (QED) is 0.495. The number of hydrogen-bond donors (Lipinski definition) is 3. The Morgan fingerprint density at radius 3 is 2.00 bits per heavy atom. The topological polar surface area (TPSA) is 132 Å². The van der Waals surface area contributed by atoms with E-state index >= 15 is 0 Å². The van der Waals surface area contributed by atoms with E-state index < -0.39 is 39.6 Å². The van der Waals surface area contributed by atoms with Crippen molar-refractivity contribution < 1.29 is 18.0 Å². The molecule has 0 aromatic rings. The van der Waals surface area contributed by atoms with E-state index in [0.29, 0.717) is 0 Å². The molecule has 0 rings (SSSR count). The molecule has 1 atom stereocenters. The molecule has 0 bridgehead atoms. The summed E-state index contributed by atoms with van der Waals surface area (Å²) in [6.45, 7) is 2.87. The summed E-state index contributed by atoms with van der Waals surface area (Å²) in [5.74, 6) is -1.73. The van der Waals surface area contributed by atoms with Crippen molar-refractivity contribution in [2.75, 3.05) is 0 Å². The van der Waals surface area contributed by atoms with Gasteiger partial charge in [0.15, 0.2) is 0 Å². The SMILES string of the molecule is CC(C)S(=O)(=O)N[C@@H](CC(N)=O)C(N)=O. The molecule has 0 saturated carbocycles. The molecule has 15 heavy (non-hydrogen) atoms. The summed E-state index contributed by atoms with van der Waals surface area (Å²) in [5.41, 5.74) is 9.76. The minimum atomic E-state index is -3.65. The van der Waals surface area contributed by atoms with Gasteiger partial charge < -0.3 is 11.5 Å². The zero-order chi connectivity index (χ0) is 12.2. The smallest absolute Gasteiger partial charge is 0.236 e. The molecule has 7 nitrogen and oxygen atoms in total. The van der Waals surface area contributed by atoms with Crippen LogP contribution < -0.4 is 16.2 Å². The van der Waals surface area contributed by atoms with Gasteiger partial charge in [-0.25, -0.2) is 13.1 Å². The Bertz CT molecular complexity index is 349. The van der Waals surface area contributed by atoms with Crippen molar-refractivity contribution in [3.05, 3.63) is 0 Å². The predicted octanol–water partition coefficient (Wildman–Crippen LogP) is -1.96. The molecule has 5 N–H and O–H groups in total. The van der Waals surface area contributed by atoms with Gasteiger partial charge in [0.25, 0.3) is 0 Å². The highest BCUT2D eigenvalue weighted by atomic mass is 32.2. The van der Waals surface area contributed by atoms with Crippen LogP contribution in [0.2, 0.25) is 0 Å². The molecule has 0 radical (unpaired) electrons. The van der Waals surface area contributed by atoms with Gasteiger partial charge in [-0.2, -0.15) is 0 Å². The lowest BCUT2D eigenvalue weighted by atomic mass is 10.2. The summed E-state index contributed by atoms with van der Waals surface area (Å²) < 4.78 is 24.7. The van der Waals surface area contributed by atoms with Crippen molar-refractivity contribution >= 4 is 21.8 Å². The van der Waals surface area contributed by atoms with Crippen molar-refractivity contribution in [1.82, 2.24) is 4.72 Å². The van der Waals surface area contributed by atoms with Crippen LogP contribution in [0.5, 0.6) is 0 Å². The minimum absolute atomic E-state index is 0.443. The molecule has 0 aromatic heterocycles. The van der Waals surface area contributed by atoms with Crippen LogP contribution in [0.3, 0.4) is 0 Å². The van der Waals surface area contributed by atoms with Gasteiger partial charge in [-0.1, -0.05) is 0 Å². The van der Waals surface area contributed by atoms with Crippen molar-refractivity contribution in [2.45, 2.75) is 31.6 Å². The number of carbonyl (C=O) groups is 2. The molecule has 8 heteroatoms. The molecule has 2 amide bonds. The first-order valence-electron chi connectivity index (χ1n) is 4.25. The van der Waals surface area contributed by atoms with E-state index in [1.807, 2.05) is 4.72 Å². The van der Waals surface area contributed by atoms with E-state index in [2.05, 4.69) is 0 Å². The Balaban J connectivity index is 4.70. The van der Waals surface area contributed by atoms with Crippen molar-refractivity contribution in [1.29, 1.82) is 0 Å². The highest BCUT2D eigenvalue weighted by Crippen LogP contribution is 2.00. The molecule has 0 spiro atoms. The maximum Gasteiger partial charge on any atom is 0.236 e. The number of rotatable bonds is 6. The van der Waals surface area contributed by atoms with Gasteiger partial charge in [0.1, 0.15) is 6.04 Å². The molecule has 0 heterocycles. The Morgan fingerprint density at radius 2 is 1.73 bits per heavy atom. The number of primary amides is 2. The van der Waals surface area contributed by atoms with Gasteiger partial charge in [0.05, 0.1) is 11.7 Å². The van der Waals surface area contributed by atoms with Gasteiger partial charge in [0.2, 0.25) is 21.8 Å². The lowest BCUT2D eigenvalue weighted by molar-refractivity contribution is -0.124. The van der Waals surface area contributed by atoms with Crippen LogP contribution in [0.25, 0.3) is 0 Å². The molecular formula is C7H15N3O4S. The number of sulfonamides is 1. The first kappa shape index (κ1) is 13.8. The van der Waals surface area contributed by atoms with Crippen LogP contribution in [-0.4, -0.2) is 31.5 Å². The third kappa shape index (κ3) is 4.75. The number of nitrogens with one attached hydrogen (secondary N) is 1. The zero-order valence-electron chi connectivity index (χ0n) is 8.56. The summed E-state index contributed by atoms with van der Waals surface area (Å²) in [4.78, 5) is 21.4. The lowest BCUT2D eigenvalue weighted by Crippen LogP contribution is -2.48. The largest absolute Gasteiger partial charge is 0.370 e. The Kier molecular flexibility index (Phi) is 4.69. The summed E-state index contributed by atoms with van der Waals surface area (Å²) in [7, 11) is -3.65. The maximum atomic E-state index is 11.4. The first-order chi connectivity index (χ1) is 6.66. The van der Waals surface area contributed by atoms with Gasteiger partial charge in [-0.15, -0.1) is 0 Å². The molecule has 0 unspecified atom stereocenters. The highest BCUT2D eigenvalue weighted by Gasteiger charge is 2.26. The number of amides is 2. The molecule has 0 aliphatic carbocycles. The van der Waals surface area contributed by atoms with Crippen LogP contribution in [0, 0.1) is 0 Å². The van der Waals surface area contributed by atoms with E-state index in [9.17, 15) is 18.0 Å². The Morgan fingerprint density at radius 1 is 1.27 bits per heavy atom. The fourth-order valence-corrected chi connectivity index (χ4v) is 1.60. The second-order valence-electron chi connectivity index (χ2n) is 3.34. The van der Waals surface area contributed by atoms with Gasteiger partial charge >= 0.3 is 0 Å². The van der Waals surface area contributed by atoms with Crippen molar-refractivity contribution in [2.24, 2.45) is 11.5 Å². The normalized spacial score (nSPS) is 13.8. The van der Waals surface area contributed by atoms with E-state index in [1.54, 1.807) is 0 Å². The van der Waals surface area contributed by atoms with E-state index in [0.717, 1.165) is 0 Å². The van der Waals surface area contributed by atoms with Crippen LogP contribution in [0.4, 0.5) is 0 Å². The molecule has 0 fully saturated rings. The number of carbonyl (C=O) groups excluding carboxylic acids is 2. The number of hydrogen-bond acceptors (Lipinski definition) is 4. The van der Waals surface area contributed by atoms with Gasteiger partial charge in [-0.3, -0.25) is 9.59 Å². The molecule has 0 aliphatic rings. The first-order valence-corrected chi connectivity index (χ1v) is 5.80. The molecule has 0 aliphatic heterocycles. The zero-order valence-corrected chi connectivity index (χ0v) is 9.37. The summed E-state index contributed by atoms with van der Waals surface area (Å²) in [6, 6.07) is -1.28. The second-order valence-corrected chi connectivity index (χ2v) is 5.61. The molecule has 0 aromatic carbocycles. The average Bonchev–Trinajstić information content (AvgIpc) is 2.01. The van der Waals surface area contributed by atoms with Crippen LogP contribution in [0.15, 0.2) is 0 Å². The Labute approximate surface area is 88.2 Å². The lowest BCUT2D eigenvalue weighted by Gasteiger charge is -2.15. The fraction of sp³-hybridized carbons (Fsp3) is 0.714. The summed E-state index contributed by atoms with van der Waals surface area (Å²) in [5, 5.41) is -0.716. The highest BCUT2D eigenvalue weighted by molar-refractivity contribution is 7.90. The van der Waals surface area contributed by atoms with Gasteiger partial charge in [-0.05, 0) is 13.8 Å². The summed E-state index contributed by atoms with van der Waals surface area (Å²) in [6.07, 6.45) is -0.443. The molecule has 88 valence electrons. The fourth-order valence-electron chi connectivity index (χ4n) is 0.736. The number of nitrogens with two attached hydrogens (primary N) is 2. The Hall–Kier alpha value is -1.15. The molecule has 0 saturated heterocycles. The van der Waals surface area contributed by atoms with Gasteiger partial charge in [0, 0.05) is 0 Å². The van der Waals surface area contributed by atoms with E-state index in [4.69, 9.17) is 11.5 Å².